The van der Waals surface area contributed by atoms with Gasteiger partial charge < -0.3 is 56.0 Å². The van der Waals surface area contributed by atoms with Gasteiger partial charge in [-0.05, 0) is 126 Å². The molecule has 0 radical (unpaired) electrons. The fraction of sp³-hybridized carbons (Fsp3) is 0.0500. The Labute approximate surface area is 649 Å². The zero-order valence-electron chi connectivity index (χ0n) is 59.3. The van der Waals surface area contributed by atoms with E-state index in [1.807, 2.05) is 301 Å². The van der Waals surface area contributed by atoms with Gasteiger partial charge in [0.2, 0.25) is 0 Å². The first-order chi connectivity index (χ1) is 51.9. The minimum absolute atomic E-state index is 0. The summed E-state index contributed by atoms with van der Waals surface area (Å²) in [6.07, 6.45) is 22.3. The van der Waals surface area contributed by atoms with Gasteiger partial charge in [0.1, 0.15) is 0 Å². The number of benzene rings is 7. The molecule has 0 aliphatic heterocycles. The monoisotopic (exact) mass is 1530 g/mol. The van der Waals surface area contributed by atoms with Crippen molar-refractivity contribution in [2.45, 2.75) is 31.1 Å². The average Bonchev–Trinajstić information content (AvgIpc) is 1.32. The van der Waals surface area contributed by atoms with E-state index in [2.05, 4.69) is 84.9 Å². The number of pyridine rings is 2. The van der Waals surface area contributed by atoms with Gasteiger partial charge in [0.05, 0.1) is 0 Å². The van der Waals surface area contributed by atoms with Gasteiger partial charge in [-0.2, -0.15) is 31.9 Å². The van der Waals surface area contributed by atoms with Crippen molar-refractivity contribution >= 4 is 79.9 Å². The Kier molecular flexibility index (Phi) is 25.0. The van der Waals surface area contributed by atoms with Crippen molar-refractivity contribution < 1.29 is 42.3 Å². The van der Waals surface area contributed by atoms with Crippen LogP contribution in [0.5, 0.6) is 0 Å². The van der Waals surface area contributed by atoms with Gasteiger partial charge in [-0.1, -0.05) is 286 Å². The number of hydrogen-bond acceptors (Lipinski definition) is 12. The predicted octanol–water partition coefficient (Wildman–Crippen LogP) is 8.23. The van der Waals surface area contributed by atoms with Crippen molar-refractivity contribution in [1.29, 1.82) is 0 Å². The summed E-state index contributed by atoms with van der Waals surface area (Å²) in [7, 11) is -4.07. The molecule has 0 saturated carbocycles. The maximum atomic E-state index is 10.7. The largest absolute Gasteiger partial charge is 3.00 e. The molecule has 21 nitrogen and oxygen atoms in total. The minimum Gasteiger partial charge on any atom is -0.791 e. The second-order valence-electron chi connectivity index (χ2n) is 26.2. The second-order valence-corrected chi connectivity index (χ2v) is 27.6. The van der Waals surface area contributed by atoms with Gasteiger partial charge in [0.25, 0.3) is 25.7 Å². The second kappa shape index (κ2) is 35.2. The van der Waals surface area contributed by atoms with Crippen LogP contribution in [0.15, 0.2) is 407 Å². The quantitative estimate of drug-likeness (QED) is 0.0785. The summed E-state index contributed by atoms with van der Waals surface area (Å²) >= 11 is 0. The molecule has 0 fully saturated rings. The van der Waals surface area contributed by atoms with Crippen LogP contribution < -0.4 is 44.2 Å². The van der Waals surface area contributed by atoms with E-state index in [1.54, 1.807) is 61.7 Å². The van der Waals surface area contributed by atoms with E-state index < -0.39 is 35.7 Å². The number of hydrogen-bond donors (Lipinski definition) is 0. The van der Waals surface area contributed by atoms with Crippen LogP contribution in [0.3, 0.4) is 0 Å². The molecule has 1 unspecified atom stereocenters. The first-order valence-corrected chi connectivity index (χ1v) is 36.2. The van der Waals surface area contributed by atoms with Gasteiger partial charge >= 0.3 is 33.6 Å². The van der Waals surface area contributed by atoms with Gasteiger partial charge in [-0.15, -0.1) is 0 Å². The molecule has 17 rings (SSSR count). The molecule has 538 valence electrons. The van der Waals surface area contributed by atoms with Crippen LogP contribution in [-0.2, 0) is 49.0 Å². The molecule has 0 bridgehead atoms. The van der Waals surface area contributed by atoms with E-state index in [1.165, 1.54) is 12.1 Å². The standard InChI is InChI=1S/2C29H25B2N9.C10H14NO2S.2C6H6.2Co/c2*1-3-12-26(13-4-1)30(37-22-8-18-32-37,38-23-9-19-33-38)28-16-7-17-29(36-28)31(39-24-10-20-34-39,40-25-11-21-35-40)27-14-5-2-6-15-27;1-10(2,3)8-4-6-9(7-5-8)14(11,12)13;2*1-2-4-6-5-3-1;;/h2*1-25H;4-7H,1-3H3,(H-,11,12,13);2*1-6H;;/q2*-2;-1;;;2*+3/p-1. The molecule has 10 heterocycles. The molecule has 0 saturated heterocycles. The van der Waals surface area contributed by atoms with Crippen molar-refractivity contribution in [2.24, 2.45) is 0 Å². The van der Waals surface area contributed by atoms with Crippen molar-refractivity contribution in [3.63, 3.8) is 0 Å². The Bertz CT molecular complexity index is 4720. The van der Waals surface area contributed by atoms with E-state index in [4.69, 9.17) is 55.5 Å². The third kappa shape index (κ3) is 15.8. The molecular weight excluding hydrogens is 1450 g/mol. The maximum absolute atomic E-state index is 10.7. The van der Waals surface area contributed by atoms with Crippen molar-refractivity contribution in [2.75, 3.05) is 0 Å². The first kappa shape index (κ1) is 76.8. The molecule has 28 heteroatoms. The van der Waals surface area contributed by atoms with Gasteiger partial charge in [0, 0.05) is 49.6 Å². The van der Waals surface area contributed by atoms with Crippen LogP contribution in [0.4, 0.5) is 0 Å². The zero-order chi connectivity index (χ0) is 73.1. The average molecular weight is 1530 g/mol. The van der Waals surface area contributed by atoms with Crippen molar-refractivity contribution in [3.8, 4) is 0 Å². The molecule has 7 aromatic carbocycles. The summed E-state index contributed by atoms with van der Waals surface area (Å²) in [6, 6.07) is 99.2. The van der Waals surface area contributed by atoms with Crippen LogP contribution in [0.2, 0.25) is 0 Å². The van der Waals surface area contributed by atoms with Crippen molar-refractivity contribution in [1.82, 2.24) is 87.5 Å². The summed E-state index contributed by atoms with van der Waals surface area (Å²) in [5.74, 6) is 0. The van der Waals surface area contributed by atoms with Gasteiger partial charge in [0.15, 0.2) is 0 Å². The molecule has 0 N–H and O–H groups in total. The van der Waals surface area contributed by atoms with Crippen LogP contribution in [0.1, 0.15) is 26.3 Å². The Morgan fingerprint density at radius 3 is 0.620 bits per heavy atom. The smallest absolute Gasteiger partial charge is 0.791 e. The van der Waals surface area contributed by atoms with E-state index in [0.717, 1.165) is 49.8 Å². The fourth-order valence-electron chi connectivity index (χ4n) is 14.1. The maximum Gasteiger partial charge on any atom is 3.00 e. The molecular formula is C80H75B4Co2N19O2S. The number of nitrogens with zero attached hydrogens (tertiary/aromatic N) is 19. The third-order valence-electron chi connectivity index (χ3n) is 18.9. The number of rotatable bonds is 17. The summed E-state index contributed by atoms with van der Waals surface area (Å²) in [6.45, 7) is 6.11. The Morgan fingerprint density at radius 1 is 0.278 bits per heavy atom. The normalized spacial score (nSPS) is 11.9. The minimum atomic E-state index is -4.07. The molecule has 17 aromatic rings. The van der Waals surface area contributed by atoms with E-state index in [9.17, 15) is 8.76 Å². The predicted molar refractivity (Wildman–Crippen MR) is 424 cm³/mol. The molecule has 0 spiro atoms. The summed E-state index contributed by atoms with van der Waals surface area (Å²) < 4.78 is 46.0. The SMILES string of the molecule is CC(C)(C)c1ccc(S(=[N-])(=O)[O-])cc1.[Co+3].[Co+3].c1ccc([B-](c2cccc([B-](c3ccccc3)(n3cccn3)n3cccn3)n2)(n2cccn2)n2cccn2)cc1.c1ccc([B-](c2cccc([B-](c3ccccc3)(n3cccn3)n3cccn3)n2)(n2cccn2)n2cccn2)cc1.c1ccccc1.c1ccccc1. The summed E-state index contributed by atoms with van der Waals surface area (Å²) in [5.41, 5.74) is 8.32. The Balaban J connectivity index is 0.000000159. The Hall–Kier alpha value is -12.3. The first-order valence-electron chi connectivity index (χ1n) is 34.8. The van der Waals surface area contributed by atoms with Gasteiger partial charge in [-0.3, -0.25) is 4.21 Å². The summed E-state index contributed by atoms with van der Waals surface area (Å²) in [4.78, 5) is 10.9. The fourth-order valence-corrected chi connectivity index (χ4v) is 14.6. The van der Waals surface area contributed by atoms with E-state index in [-0.39, 0.29) is 43.9 Å². The van der Waals surface area contributed by atoms with Gasteiger partial charge in [-0.25, -0.2) is 40.8 Å². The van der Waals surface area contributed by atoms with Crippen LogP contribution in [0, 0.1) is 0 Å². The molecule has 1 atom stereocenters. The number of aromatic nitrogens is 18. The third-order valence-corrected chi connectivity index (χ3v) is 19.8. The molecule has 108 heavy (non-hydrogen) atoms. The van der Waals surface area contributed by atoms with E-state index >= 15 is 0 Å². The van der Waals surface area contributed by atoms with Crippen LogP contribution >= 0.6 is 0 Å². The van der Waals surface area contributed by atoms with E-state index in [0.29, 0.717) is 0 Å². The molecule has 0 aliphatic rings. The van der Waals surface area contributed by atoms with Crippen LogP contribution in [-0.4, -0.2) is 122 Å². The molecule has 0 aliphatic carbocycles. The molecule has 0 amide bonds. The Morgan fingerprint density at radius 2 is 0.463 bits per heavy atom. The molecule has 10 aromatic heterocycles. The zero-order valence-corrected chi connectivity index (χ0v) is 62.2. The topological polar surface area (TPSA) is 231 Å². The van der Waals surface area contributed by atoms with Crippen molar-refractivity contribution in [3.05, 3.63) is 413 Å². The summed E-state index contributed by atoms with van der Waals surface area (Å²) in [5, 5.41) is 38.1. The van der Waals surface area contributed by atoms with Crippen LogP contribution in [0.25, 0.3) is 4.78 Å².